The Hall–Kier alpha value is -0.900. The lowest BCUT2D eigenvalue weighted by atomic mass is 10.1. The van der Waals surface area contributed by atoms with E-state index in [2.05, 4.69) is 34.9 Å². The van der Waals surface area contributed by atoms with Crippen LogP contribution in [0.1, 0.15) is 30.0 Å². The van der Waals surface area contributed by atoms with Crippen molar-refractivity contribution < 1.29 is 0 Å². The fourth-order valence-electron chi connectivity index (χ4n) is 3.49. The third-order valence-corrected chi connectivity index (χ3v) is 4.94. The van der Waals surface area contributed by atoms with E-state index < -0.39 is 0 Å². The third kappa shape index (κ3) is 3.05. The van der Waals surface area contributed by atoms with E-state index in [1.807, 2.05) is 0 Å². The van der Waals surface area contributed by atoms with Gasteiger partial charge in [-0.3, -0.25) is 9.80 Å². The molecule has 0 amide bonds. The van der Waals surface area contributed by atoms with Gasteiger partial charge >= 0.3 is 0 Å². The van der Waals surface area contributed by atoms with E-state index in [1.54, 1.807) is 11.1 Å². The highest BCUT2D eigenvalue weighted by Crippen LogP contribution is 2.23. The maximum atomic E-state index is 5.76. The van der Waals surface area contributed by atoms with Crippen LogP contribution in [0, 0.1) is 0 Å². The van der Waals surface area contributed by atoms with E-state index in [1.165, 1.54) is 37.9 Å². The van der Waals surface area contributed by atoms with Crippen LogP contribution in [-0.2, 0) is 19.4 Å². The normalized spacial score (nSPS) is 21.9. The molecule has 1 aliphatic carbocycles. The molecule has 1 atom stereocenters. The molecule has 3 heteroatoms. The van der Waals surface area contributed by atoms with Crippen molar-refractivity contribution in [3.05, 3.63) is 34.9 Å². The van der Waals surface area contributed by atoms with Crippen LogP contribution in [0.2, 0.25) is 0 Å². The van der Waals surface area contributed by atoms with Gasteiger partial charge in [0.1, 0.15) is 0 Å². The first-order chi connectivity index (χ1) is 9.76. The van der Waals surface area contributed by atoms with E-state index in [9.17, 15) is 0 Å². The highest BCUT2D eigenvalue weighted by molar-refractivity contribution is 5.35. The van der Waals surface area contributed by atoms with Crippen LogP contribution in [0.25, 0.3) is 0 Å². The second kappa shape index (κ2) is 6.25. The fourth-order valence-corrected chi connectivity index (χ4v) is 3.49. The average Bonchev–Trinajstić information content (AvgIpc) is 2.95. The summed E-state index contributed by atoms with van der Waals surface area (Å²) in [6.07, 6.45) is 3.91. The van der Waals surface area contributed by atoms with Gasteiger partial charge in [0.05, 0.1) is 0 Å². The van der Waals surface area contributed by atoms with E-state index >= 15 is 0 Å². The number of nitrogens with two attached hydrogens (primary N) is 1. The zero-order valence-electron chi connectivity index (χ0n) is 12.6. The Balaban J connectivity index is 1.55. The van der Waals surface area contributed by atoms with Crippen LogP contribution in [0.4, 0.5) is 0 Å². The van der Waals surface area contributed by atoms with Crippen molar-refractivity contribution in [2.45, 2.75) is 38.8 Å². The van der Waals surface area contributed by atoms with Crippen LogP contribution in [0.15, 0.2) is 18.2 Å². The van der Waals surface area contributed by atoms with Crippen LogP contribution in [0.3, 0.4) is 0 Å². The molecule has 0 radical (unpaired) electrons. The minimum atomic E-state index is 0.525. The highest BCUT2D eigenvalue weighted by Gasteiger charge is 2.20. The molecule has 3 rings (SSSR count). The molecule has 1 aromatic carbocycles. The van der Waals surface area contributed by atoms with Crippen molar-refractivity contribution in [1.29, 1.82) is 0 Å². The Kier molecular flexibility index (Phi) is 4.39. The molecule has 20 heavy (non-hydrogen) atoms. The molecule has 1 fully saturated rings. The van der Waals surface area contributed by atoms with E-state index in [-0.39, 0.29) is 0 Å². The first-order valence-electron chi connectivity index (χ1n) is 8.03. The molecule has 1 aromatic rings. The van der Waals surface area contributed by atoms with Crippen LogP contribution in [-0.4, -0.2) is 48.6 Å². The average molecular weight is 273 g/mol. The highest BCUT2D eigenvalue weighted by atomic mass is 15.3. The van der Waals surface area contributed by atoms with E-state index in [0.29, 0.717) is 6.04 Å². The van der Waals surface area contributed by atoms with Gasteiger partial charge in [-0.25, -0.2) is 0 Å². The summed E-state index contributed by atoms with van der Waals surface area (Å²) in [6.45, 7) is 8.76. The summed E-state index contributed by atoms with van der Waals surface area (Å²) in [5, 5.41) is 0. The second-order valence-corrected chi connectivity index (χ2v) is 6.35. The maximum absolute atomic E-state index is 5.76. The molecule has 2 aliphatic rings. The Morgan fingerprint density at radius 2 is 1.85 bits per heavy atom. The van der Waals surface area contributed by atoms with E-state index in [0.717, 1.165) is 26.2 Å². The molecule has 1 heterocycles. The largest absolute Gasteiger partial charge is 0.329 e. The van der Waals surface area contributed by atoms with Crippen LogP contribution in [0.5, 0.6) is 0 Å². The number of hydrogen-bond acceptors (Lipinski definition) is 3. The molecule has 3 nitrogen and oxygen atoms in total. The lowest BCUT2D eigenvalue weighted by molar-refractivity contribution is 0.100. The van der Waals surface area contributed by atoms with Gasteiger partial charge in [0.25, 0.3) is 0 Å². The van der Waals surface area contributed by atoms with Gasteiger partial charge in [-0.05, 0) is 42.9 Å². The monoisotopic (exact) mass is 273 g/mol. The lowest BCUT2D eigenvalue weighted by Gasteiger charge is -2.37. The molecular weight excluding hydrogens is 246 g/mol. The quantitative estimate of drug-likeness (QED) is 0.905. The van der Waals surface area contributed by atoms with Crippen molar-refractivity contribution in [1.82, 2.24) is 9.80 Å². The second-order valence-electron chi connectivity index (χ2n) is 6.35. The molecule has 1 unspecified atom stereocenters. The Labute approximate surface area is 122 Å². The number of rotatable bonds is 4. The first kappa shape index (κ1) is 14.1. The number of fused-ring (bicyclic) bond motifs is 1. The van der Waals surface area contributed by atoms with Crippen LogP contribution < -0.4 is 5.73 Å². The molecular formula is C17H27N3. The van der Waals surface area contributed by atoms with Gasteiger partial charge in [0.2, 0.25) is 0 Å². The van der Waals surface area contributed by atoms with Gasteiger partial charge in [-0.2, -0.15) is 0 Å². The molecule has 1 saturated heterocycles. The molecule has 0 aromatic heterocycles. The van der Waals surface area contributed by atoms with Gasteiger partial charge in [-0.1, -0.05) is 18.2 Å². The summed E-state index contributed by atoms with van der Waals surface area (Å²) in [7, 11) is 0. The Morgan fingerprint density at radius 3 is 2.60 bits per heavy atom. The molecule has 0 saturated carbocycles. The molecule has 0 spiro atoms. The predicted octanol–water partition coefficient (Wildman–Crippen LogP) is 1.64. The van der Waals surface area contributed by atoms with Crippen molar-refractivity contribution in [2.24, 2.45) is 5.73 Å². The number of piperazine rings is 1. The number of aryl methyl sites for hydroxylation is 2. The van der Waals surface area contributed by atoms with Gasteiger partial charge in [-0.15, -0.1) is 0 Å². The third-order valence-electron chi connectivity index (χ3n) is 4.94. The Bertz CT molecular complexity index is 450. The van der Waals surface area contributed by atoms with Crippen molar-refractivity contribution in [3.63, 3.8) is 0 Å². The van der Waals surface area contributed by atoms with Crippen molar-refractivity contribution in [3.8, 4) is 0 Å². The molecule has 0 bridgehead atoms. The summed E-state index contributed by atoms with van der Waals surface area (Å²) < 4.78 is 0. The van der Waals surface area contributed by atoms with Gasteiger partial charge in [0, 0.05) is 45.3 Å². The zero-order valence-corrected chi connectivity index (χ0v) is 12.6. The summed E-state index contributed by atoms with van der Waals surface area (Å²) in [5.41, 5.74) is 10.4. The summed E-state index contributed by atoms with van der Waals surface area (Å²) in [6, 6.07) is 7.65. The van der Waals surface area contributed by atoms with Gasteiger partial charge in [0.15, 0.2) is 0 Å². The first-order valence-corrected chi connectivity index (χ1v) is 8.03. The minimum Gasteiger partial charge on any atom is -0.329 e. The lowest BCUT2D eigenvalue weighted by Crippen LogP contribution is -2.51. The predicted molar refractivity (Wildman–Crippen MR) is 83.8 cm³/mol. The number of nitrogens with zero attached hydrogens (tertiary/aromatic N) is 2. The molecule has 2 N–H and O–H groups in total. The fraction of sp³-hybridized carbons (Fsp3) is 0.647. The smallest absolute Gasteiger partial charge is 0.0234 e. The van der Waals surface area contributed by atoms with Crippen molar-refractivity contribution in [2.75, 3.05) is 32.7 Å². The molecule has 110 valence electrons. The van der Waals surface area contributed by atoms with E-state index in [4.69, 9.17) is 5.73 Å². The summed E-state index contributed by atoms with van der Waals surface area (Å²) >= 11 is 0. The van der Waals surface area contributed by atoms with Crippen LogP contribution >= 0.6 is 0 Å². The standard InChI is InChI=1S/C17H27N3/c1-14(12-18)20-9-7-19(8-10-20)13-15-5-6-16-3-2-4-17(16)11-15/h5-6,11,14H,2-4,7-10,12-13,18H2,1H3. The number of benzene rings is 1. The topological polar surface area (TPSA) is 32.5 Å². The van der Waals surface area contributed by atoms with Crippen molar-refractivity contribution >= 4 is 0 Å². The Morgan fingerprint density at radius 1 is 1.10 bits per heavy atom. The van der Waals surface area contributed by atoms with Gasteiger partial charge < -0.3 is 5.73 Å². The minimum absolute atomic E-state index is 0.525. The maximum Gasteiger partial charge on any atom is 0.0234 e. The zero-order chi connectivity index (χ0) is 13.9. The number of hydrogen-bond donors (Lipinski definition) is 1. The SMILES string of the molecule is CC(CN)N1CCN(Cc2ccc3c(c2)CCC3)CC1. The summed E-state index contributed by atoms with van der Waals surface area (Å²) in [5.74, 6) is 0. The molecule has 1 aliphatic heterocycles. The summed E-state index contributed by atoms with van der Waals surface area (Å²) in [4.78, 5) is 5.09.